The second-order valence-corrected chi connectivity index (χ2v) is 4.76. The van der Waals surface area contributed by atoms with Gasteiger partial charge in [0.05, 0.1) is 0 Å². The maximum atomic E-state index is 9.07. The summed E-state index contributed by atoms with van der Waals surface area (Å²) in [6, 6.07) is 6.27. The van der Waals surface area contributed by atoms with Crippen molar-refractivity contribution in [1.29, 1.82) is 0 Å². The lowest BCUT2D eigenvalue weighted by atomic mass is 10.1. The Balaban J connectivity index is 2.31. The van der Waals surface area contributed by atoms with Gasteiger partial charge in [0.25, 0.3) is 0 Å². The molecular weight excluding hydrogens is 254 g/mol. The van der Waals surface area contributed by atoms with E-state index < -0.39 is 0 Å². The first kappa shape index (κ1) is 11.0. The summed E-state index contributed by atoms with van der Waals surface area (Å²) in [7, 11) is 0. The summed E-state index contributed by atoms with van der Waals surface area (Å²) < 4.78 is 1.11. The molecule has 1 aliphatic rings. The second-order valence-electron chi connectivity index (χ2n) is 3.91. The highest BCUT2D eigenvalue weighted by Crippen LogP contribution is 2.30. The molecule has 1 heterocycles. The molecule has 0 amide bonds. The fourth-order valence-corrected chi connectivity index (χ4v) is 2.71. The Labute approximate surface area is 99.0 Å². The first-order chi connectivity index (χ1) is 7.33. The van der Waals surface area contributed by atoms with Gasteiger partial charge < -0.3 is 10.0 Å². The predicted molar refractivity (Wildman–Crippen MR) is 66.4 cm³/mol. The van der Waals surface area contributed by atoms with Crippen molar-refractivity contribution in [3.8, 4) is 0 Å². The molecule has 1 aromatic rings. The largest absolute Gasteiger partial charge is 0.396 e. The van der Waals surface area contributed by atoms with Crippen molar-refractivity contribution in [2.75, 3.05) is 24.6 Å². The molecule has 1 fully saturated rings. The second kappa shape index (κ2) is 4.99. The number of nitrogens with zero attached hydrogens (tertiary/aromatic N) is 1. The minimum atomic E-state index is 0.212. The zero-order chi connectivity index (χ0) is 10.7. The SMILES string of the molecule is OCCc1c(Br)cccc1N1CCCC1. The summed E-state index contributed by atoms with van der Waals surface area (Å²) >= 11 is 3.56. The average Bonchev–Trinajstić information content (AvgIpc) is 2.74. The third-order valence-corrected chi connectivity index (χ3v) is 3.65. The highest BCUT2D eigenvalue weighted by molar-refractivity contribution is 9.10. The van der Waals surface area contributed by atoms with Crippen LogP contribution in [0.2, 0.25) is 0 Å². The van der Waals surface area contributed by atoms with E-state index >= 15 is 0 Å². The fraction of sp³-hybridized carbons (Fsp3) is 0.500. The standard InChI is InChI=1S/C12H16BrNO/c13-11-4-3-5-12(10(11)6-9-15)14-7-1-2-8-14/h3-5,15H,1-2,6-9H2. The molecule has 0 bridgehead atoms. The molecule has 0 atom stereocenters. The number of aliphatic hydroxyl groups is 1. The van der Waals surface area contributed by atoms with Crippen LogP contribution >= 0.6 is 15.9 Å². The number of anilines is 1. The summed E-state index contributed by atoms with van der Waals surface area (Å²) in [5.41, 5.74) is 2.53. The predicted octanol–water partition coefficient (Wildman–Crippen LogP) is 2.58. The molecule has 1 saturated heterocycles. The van der Waals surface area contributed by atoms with E-state index in [0.717, 1.165) is 24.0 Å². The van der Waals surface area contributed by atoms with Crippen LogP contribution in [0.25, 0.3) is 0 Å². The van der Waals surface area contributed by atoms with Crippen LogP contribution in [-0.4, -0.2) is 24.8 Å². The number of hydrogen-bond donors (Lipinski definition) is 1. The zero-order valence-electron chi connectivity index (χ0n) is 8.75. The van der Waals surface area contributed by atoms with E-state index in [1.165, 1.54) is 24.1 Å². The Morgan fingerprint density at radius 3 is 2.67 bits per heavy atom. The number of hydrogen-bond acceptors (Lipinski definition) is 2. The van der Waals surface area contributed by atoms with Gasteiger partial charge in [-0.1, -0.05) is 22.0 Å². The first-order valence-corrected chi connectivity index (χ1v) is 6.25. The Morgan fingerprint density at radius 2 is 2.00 bits per heavy atom. The molecule has 1 aromatic carbocycles. The van der Waals surface area contributed by atoms with Gasteiger partial charge in [0.1, 0.15) is 0 Å². The van der Waals surface area contributed by atoms with E-state index in [1.54, 1.807) is 0 Å². The molecule has 1 aliphatic heterocycles. The molecule has 0 unspecified atom stereocenters. The van der Waals surface area contributed by atoms with Gasteiger partial charge in [-0.3, -0.25) is 0 Å². The van der Waals surface area contributed by atoms with E-state index in [2.05, 4.69) is 33.0 Å². The molecule has 0 spiro atoms. The molecular formula is C12H16BrNO. The molecule has 2 nitrogen and oxygen atoms in total. The quantitative estimate of drug-likeness (QED) is 0.912. The first-order valence-electron chi connectivity index (χ1n) is 5.46. The minimum Gasteiger partial charge on any atom is -0.396 e. The summed E-state index contributed by atoms with van der Waals surface area (Å²) in [6.45, 7) is 2.51. The number of halogens is 1. The van der Waals surface area contributed by atoms with Gasteiger partial charge in [-0.2, -0.15) is 0 Å². The fourth-order valence-electron chi connectivity index (χ4n) is 2.16. The van der Waals surface area contributed by atoms with E-state index in [1.807, 2.05) is 6.07 Å². The highest BCUT2D eigenvalue weighted by atomic mass is 79.9. The number of rotatable bonds is 3. The molecule has 0 radical (unpaired) electrons. The Hall–Kier alpha value is -0.540. The Morgan fingerprint density at radius 1 is 1.27 bits per heavy atom. The maximum Gasteiger partial charge on any atom is 0.0472 e. The van der Waals surface area contributed by atoms with Crippen molar-refractivity contribution in [3.05, 3.63) is 28.2 Å². The monoisotopic (exact) mass is 269 g/mol. The Kier molecular flexibility index (Phi) is 3.65. The third-order valence-electron chi connectivity index (χ3n) is 2.90. The number of aliphatic hydroxyl groups excluding tert-OH is 1. The van der Waals surface area contributed by atoms with Crippen LogP contribution in [0, 0.1) is 0 Å². The molecule has 1 N–H and O–H groups in total. The van der Waals surface area contributed by atoms with Crippen molar-refractivity contribution < 1.29 is 5.11 Å². The minimum absolute atomic E-state index is 0.212. The summed E-state index contributed by atoms with van der Waals surface area (Å²) in [5.74, 6) is 0. The van der Waals surface area contributed by atoms with Crippen LogP contribution in [0.3, 0.4) is 0 Å². The lowest BCUT2D eigenvalue weighted by Crippen LogP contribution is -2.19. The van der Waals surface area contributed by atoms with Crippen LogP contribution in [0.4, 0.5) is 5.69 Å². The van der Waals surface area contributed by atoms with E-state index in [4.69, 9.17) is 5.11 Å². The van der Waals surface area contributed by atoms with Crippen LogP contribution in [0.15, 0.2) is 22.7 Å². The Bertz CT molecular complexity index is 334. The third kappa shape index (κ3) is 2.34. The van der Waals surface area contributed by atoms with Crippen molar-refractivity contribution in [2.24, 2.45) is 0 Å². The van der Waals surface area contributed by atoms with Crippen LogP contribution in [-0.2, 0) is 6.42 Å². The van der Waals surface area contributed by atoms with Crippen LogP contribution in [0.5, 0.6) is 0 Å². The lowest BCUT2D eigenvalue weighted by Gasteiger charge is -2.22. The molecule has 0 saturated carbocycles. The van der Waals surface area contributed by atoms with Crippen molar-refractivity contribution in [2.45, 2.75) is 19.3 Å². The molecule has 15 heavy (non-hydrogen) atoms. The topological polar surface area (TPSA) is 23.5 Å². The molecule has 0 aliphatic carbocycles. The molecule has 3 heteroatoms. The molecule has 0 aromatic heterocycles. The normalized spacial score (nSPS) is 16.0. The van der Waals surface area contributed by atoms with Gasteiger partial charge in [0.15, 0.2) is 0 Å². The van der Waals surface area contributed by atoms with Crippen LogP contribution < -0.4 is 4.90 Å². The zero-order valence-corrected chi connectivity index (χ0v) is 10.3. The highest BCUT2D eigenvalue weighted by Gasteiger charge is 2.16. The van der Waals surface area contributed by atoms with Gasteiger partial charge in [0, 0.05) is 29.9 Å². The van der Waals surface area contributed by atoms with Gasteiger partial charge in [0.2, 0.25) is 0 Å². The average molecular weight is 270 g/mol. The van der Waals surface area contributed by atoms with E-state index in [0.29, 0.717) is 0 Å². The van der Waals surface area contributed by atoms with E-state index in [-0.39, 0.29) is 6.61 Å². The van der Waals surface area contributed by atoms with Crippen molar-refractivity contribution >= 4 is 21.6 Å². The van der Waals surface area contributed by atoms with Gasteiger partial charge in [-0.25, -0.2) is 0 Å². The van der Waals surface area contributed by atoms with Gasteiger partial charge in [-0.15, -0.1) is 0 Å². The van der Waals surface area contributed by atoms with Crippen molar-refractivity contribution in [3.63, 3.8) is 0 Å². The number of benzene rings is 1. The van der Waals surface area contributed by atoms with Gasteiger partial charge >= 0.3 is 0 Å². The van der Waals surface area contributed by atoms with E-state index in [9.17, 15) is 0 Å². The summed E-state index contributed by atoms with van der Waals surface area (Å²) in [5, 5.41) is 9.07. The van der Waals surface area contributed by atoms with Crippen molar-refractivity contribution in [1.82, 2.24) is 0 Å². The smallest absolute Gasteiger partial charge is 0.0472 e. The van der Waals surface area contributed by atoms with Crippen LogP contribution in [0.1, 0.15) is 18.4 Å². The molecule has 82 valence electrons. The maximum absolute atomic E-state index is 9.07. The summed E-state index contributed by atoms with van der Waals surface area (Å²) in [4.78, 5) is 2.41. The lowest BCUT2D eigenvalue weighted by molar-refractivity contribution is 0.299. The van der Waals surface area contributed by atoms with Gasteiger partial charge in [-0.05, 0) is 37.0 Å². The summed E-state index contributed by atoms with van der Waals surface area (Å²) in [6.07, 6.45) is 3.30. The molecule has 2 rings (SSSR count).